The molecule has 1 aromatic rings. The fourth-order valence-corrected chi connectivity index (χ4v) is 1.52. The lowest BCUT2D eigenvalue weighted by molar-refractivity contribution is 0.101. The van der Waals surface area contributed by atoms with Gasteiger partial charge in [0.15, 0.2) is 5.78 Å². The number of hydrogen-bond donors (Lipinski definition) is 0. The zero-order valence-corrected chi connectivity index (χ0v) is 10.5. The van der Waals surface area contributed by atoms with Gasteiger partial charge in [-0.1, -0.05) is 13.8 Å². The summed E-state index contributed by atoms with van der Waals surface area (Å²) in [7, 11) is 0. The lowest BCUT2D eigenvalue weighted by atomic mass is 10.1. The van der Waals surface area contributed by atoms with Crippen molar-refractivity contribution in [2.24, 2.45) is 0 Å². The maximum atomic E-state index is 11.3. The Hall–Kier alpha value is -1.12. The number of carbonyl (C=O) groups is 1. The Balaban J connectivity index is 3.30. The Morgan fingerprint density at radius 1 is 1.40 bits per heavy atom. The summed E-state index contributed by atoms with van der Waals surface area (Å²) in [4.78, 5) is 11.3. The van der Waals surface area contributed by atoms with Gasteiger partial charge in [0, 0.05) is 12.6 Å². The van der Waals surface area contributed by atoms with Crippen LogP contribution in [0.3, 0.4) is 0 Å². The minimum Gasteiger partial charge on any atom is -0.293 e. The molecule has 84 valence electrons. The quantitative estimate of drug-likeness (QED) is 0.700. The molecule has 0 fully saturated rings. The predicted molar refractivity (Wildman–Crippen MR) is 61.3 cm³/mol. The van der Waals surface area contributed by atoms with Gasteiger partial charge in [0.25, 0.3) is 0 Å². The standard InChI is InChI=1S/C12H20N2O/c1-8(2)11-7-10(9(3)15)13-14(11)12(4,5)6/h7-8H,1-6H3. The molecule has 0 atom stereocenters. The minimum atomic E-state index is -0.0761. The van der Waals surface area contributed by atoms with Crippen molar-refractivity contribution < 1.29 is 4.79 Å². The maximum absolute atomic E-state index is 11.3. The van der Waals surface area contributed by atoms with Crippen LogP contribution in [0.4, 0.5) is 0 Å². The zero-order valence-electron chi connectivity index (χ0n) is 10.5. The van der Waals surface area contributed by atoms with E-state index in [4.69, 9.17) is 0 Å². The number of ketones is 1. The molecule has 0 aliphatic rings. The van der Waals surface area contributed by atoms with Gasteiger partial charge in [-0.05, 0) is 32.8 Å². The normalized spacial score (nSPS) is 12.2. The first-order valence-corrected chi connectivity index (χ1v) is 5.35. The van der Waals surface area contributed by atoms with E-state index in [1.54, 1.807) is 6.92 Å². The second kappa shape index (κ2) is 3.80. The molecule has 15 heavy (non-hydrogen) atoms. The van der Waals surface area contributed by atoms with Crippen LogP contribution in [0.2, 0.25) is 0 Å². The van der Waals surface area contributed by atoms with E-state index < -0.39 is 0 Å². The van der Waals surface area contributed by atoms with Crippen molar-refractivity contribution in [3.05, 3.63) is 17.5 Å². The third kappa shape index (κ3) is 2.46. The molecule has 3 nitrogen and oxygen atoms in total. The summed E-state index contributed by atoms with van der Waals surface area (Å²) in [5.74, 6) is 0.407. The van der Waals surface area contributed by atoms with Crippen LogP contribution >= 0.6 is 0 Å². The van der Waals surface area contributed by atoms with E-state index in [1.165, 1.54) is 0 Å². The Bertz CT molecular complexity index is 369. The first kappa shape index (κ1) is 12.0. The van der Waals surface area contributed by atoms with Gasteiger partial charge in [-0.3, -0.25) is 9.48 Å². The average molecular weight is 208 g/mol. The highest BCUT2D eigenvalue weighted by molar-refractivity contribution is 5.92. The second-order valence-electron chi connectivity index (χ2n) is 5.25. The van der Waals surface area contributed by atoms with Gasteiger partial charge in [-0.25, -0.2) is 0 Å². The highest BCUT2D eigenvalue weighted by atomic mass is 16.1. The topological polar surface area (TPSA) is 34.9 Å². The summed E-state index contributed by atoms with van der Waals surface area (Å²) >= 11 is 0. The summed E-state index contributed by atoms with van der Waals surface area (Å²) in [6.07, 6.45) is 0. The van der Waals surface area contributed by atoms with Crippen molar-refractivity contribution in [1.29, 1.82) is 0 Å². The molecule has 0 N–H and O–H groups in total. The van der Waals surface area contributed by atoms with E-state index in [2.05, 4.69) is 39.7 Å². The fourth-order valence-electron chi connectivity index (χ4n) is 1.52. The number of Topliss-reactive ketones (excluding diaryl/α,β-unsaturated/α-hetero) is 1. The lowest BCUT2D eigenvalue weighted by Gasteiger charge is -2.23. The molecule has 3 heteroatoms. The smallest absolute Gasteiger partial charge is 0.179 e. The SMILES string of the molecule is CC(=O)c1cc(C(C)C)n(C(C)(C)C)n1. The van der Waals surface area contributed by atoms with Crippen LogP contribution in [-0.2, 0) is 5.54 Å². The van der Waals surface area contributed by atoms with E-state index in [0.717, 1.165) is 5.69 Å². The van der Waals surface area contributed by atoms with Gasteiger partial charge in [0.2, 0.25) is 0 Å². The number of nitrogens with zero attached hydrogens (tertiary/aromatic N) is 2. The highest BCUT2D eigenvalue weighted by Crippen LogP contribution is 2.23. The van der Waals surface area contributed by atoms with Crippen LogP contribution < -0.4 is 0 Å². The summed E-state index contributed by atoms with van der Waals surface area (Å²) in [6.45, 7) is 12.1. The molecule has 1 aromatic heterocycles. The van der Waals surface area contributed by atoms with Crippen LogP contribution in [0.25, 0.3) is 0 Å². The van der Waals surface area contributed by atoms with E-state index in [9.17, 15) is 4.79 Å². The van der Waals surface area contributed by atoms with Crippen molar-refractivity contribution in [1.82, 2.24) is 9.78 Å². The molecule has 0 saturated heterocycles. The monoisotopic (exact) mass is 208 g/mol. The largest absolute Gasteiger partial charge is 0.293 e. The predicted octanol–water partition coefficient (Wildman–Crippen LogP) is 2.96. The first-order valence-electron chi connectivity index (χ1n) is 5.35. The molecule has 0 saturated carbocycles. The van der Waals surface area contributed by atoms with Gasteiger partial charge in [0.05, 0.1) is 5.54 Å². The number of rotatable bonds is 2. The highest BCUT2D eigenvalue weighted by Gasteiger charge is 2.22. The van der Waals surface area contributed by atoms with Crippen LogP contribution in [0.15, 0.2) is 6.07 Å². The Morgan fingerprint density at radius 3 is 2.20 bits per heavy atom. The zero-order chi connectivity index (χ0) is 11.8. The van der Waals surface area contributed by atoms with E-state index in [-0.39, 0.29) is 11.3 Å². The molecule has 0 amide bonds. The molecule has 1 rings (SSSR count). The third-order valence-corrected chi connectivity index (χ3v) is 2.32. The summed E-state index contributed by atoms with van der Waals surface area (Å²) in [5, 5.41) is 4.37. The maximum Gasteiger partial charge on any atom is 0.179 e. The average Bonchev–Trinajstić information content (AvgIpc) is 2.45. The van der Waals surface area contributed by atoms with E-state index in [1.807, 2.05) is 10.7 Å². The van der Waals surface area contributed by atoms with Gasteiger partial charge in [-0.15, -0.1) is 0 Å². The Labute approximate surface area is 91.5 Å². The fraction of sp³-hybridized carbons (Fsp3) is 0.667. The van der Waals surface area contributed by atoms with Crippen LogP contribution in [0.5, 0.6) is 0 Å². The van der Waals surface area contributed by atoms with Gasteiger partial charge in [-0.2, -0.15) is 5.10 Å². The Kier molecular flexibility index (Phi) is 3.03. The van der Waals surface area contributed by atoms with Crippen LogP contribution in [-0.4, -0.2) is 15.6 Å². The molecule has 1 heterocycles. The molecular weight excluding hydrogens is 188 g/mol. The number of carbonyl (C=O) groups excluding carboxylic acids is 1. The molecule has 0 aromatic carbocycles. The van der Waals surface area contributed by atoms with Crippen LogP contribution in [0.1, 0.15) is 63.6 Å². The van der Waals surface area contributed by atoms with Gasteiger partial charge >= 0.3 is 0 Å². The molecule has 0 unspecified atom stereocenters. The first-order chi connectivity index (χ1) is 6.73. The van der Waals surface area contributed by atoms with Crippen molar-refractivity contribution in [3.8, 4) is 0 Å². The summed E-state index contributed by atoms with van der Waals surface area (Å²) in [5.41, 5.74) is 1.61. The molecule has 0 bridgehead atoms. The van der Waals surface area contributed by atoms with Crippen molar-refractivity contribution in [2.45, 2.75) is 53.0 Å². The summed E-state index contributed by atoms with van der Waals surface area (Å²) < 4.78 is 1.95. The number of hydrogen-bond acceptors (Lipinski definition) is 2. The number of aromatic nitrogens is 2. The lowest BCUT2D eigenvalue weighted by Crippen LogP contribution is -2.26. The van der Waals surface area contributed by atoms with Crippen molar-refractivity contribution >= 4 is 5.78 Å². The molecule has 0 aliphatic heterocycles. The molecule has 0 radical (unpaired) electrons. The van der Waals surface area contributed by atoms with Crippen molar-refractivity contribution in [3.63, 3.8) is 0 Å². The second-order valence-corrected chi connectivity index (χ2v) is 5.25. The van der Waals surface area contributed by atoms with E-state index in [0.29, 0.717) is 11.6 Å². The summed E-state index contributed by atoms with van der Waals surface area (Å²) in [6, 6.07) is 1.90. The van der Waals surface area contributed by atoms with E-state index >= 15 is 0 Å². The van der Waals surface area contributed by atoms with Crippen molar-refractivity contribution in [2.75, 3.05) is 0 Å². The molecular formula is C12H20N2O. The Morgan fingerprint density at radius 2 is 1.93 bits per heavy atom. The van der Waals surface area contributed by atoms with Gasteiger partial charge < -0.3 is 0 Å². The molecule has 0 aliphatic carbocycles. The minimum absolute atomic E-state index is 0.0277. The van der Waals surface area contributed by atoms with Gasteiger partial charge in [0.1, 0.15) is 5.69 Å². The molecule has 0 spiro atoms. The van der Waals surface area contributed by atoms with Crippen LogP contribution in [0, 0.1) is 0 Å². The third-order valence-electron chi connectivity index (χ3n) is 2.32.